The molecule has 0 aliphatic heterocycles. The summed E-state index contributed by atoms with van der Waals surface area (Å²) in [6.45, 7) is 13.8. The normalized spacial score (nSPS) is 14.9. The van der Waals surface area contributed by atoms with Crippen LogP contribution in [0.4, 0.5) is 4.79 Å². The highest BCUT2D eigenvalue weighted by atomic mass is 31.2. The molecule has 0 heterocycles. The lowest BCUT2D eigenvalue weighted by Crippen LogP contribution is -2.42. The van der Waals surface area contributed by atoms with Crippen LogP contribution in [0.25, 0.3) is 0 Å². The van der Waals surface area contributed by atoms with E-state index >= 15 is 0 Å². The number of phosphoric ester groups is 1. The molecule has 0 rings (SSSR count). The minimum Gasteiger partial charge on any atom is -0.463 e. The number of amides is 4. The second-order valence-corrected chi connectivity index (χ2v) is 17.6. The third-order valence-corrected chi connectivity index (χ3v) is 10.8. The van der Waals surface area contributed by atoms with Gasteiger partial charge in [0.15, 0.2) is 0 Å². The molecule has 24 heteroatoms. The van der Waals surface area contributed by atoms with E-state index < -0.39 is 82.5 Å². The van der Waals surface area contributed by atoms with Crippen molar-refractivity contribution in [2.24, 2.45) is 0 Å². The summed E-state index contributed by atoms with van der Waals surface area (Å²) >= 11 is 0. The Morgan fingerprint density at radius 3 is 1.50 bits per heavy atom. The fourth-order valence-electron chi connectivity index (χ4n) is 4.70. The van der Waals surface area contributed by atoms with Crippen LogP contribution in [-0.4, -0.2) is 144 Å². The van der Waals surface area contributed by atoms with Crippen LogP contribution in [-0.2, 0) is 79.5 Å². The largest absolute Gasteiger partial charge is 0.475 e. The number of esters is 2. The van der Waals surface area contributed by atoms with E-state index in [1.807, 2.05) is 0 Å². The van der Waals surface area contributed by atoms with Crippen molar-refractivity contribution in [3.63, 3.8) is 0 Å². The number of carbonyl (C=O) groups is 7. The van der Waals surface area contributed by atoms with Crippen LogP contribution >= 0.6 is 15.4 Å². The summed E-state index contributed by atoms with van der Waals surface area (Å²) in [5, 5.41) is 10.2. The third kappa shape index (κ3) is 32.8. The van der Waals surface area contributed by atoms with E-state index in [1.54, 1.807) is 13.8 Å². The SMILES string of the molecule is C=CCCP(=O)(OCCNC(=O)NCCOP(=O)(OCC=C)OC[C@@H](COCC[C@@H](C)OC(C)=O)NC(=O)CC(C)=O)OC[C@@H](COCC[C@@H](C)OC(C)=O)NC(=O)CC(C)=O. The average molecular weight is 929 g/mol. The van der Waals surface area contributed by atoms with Gasteiger partial charge in [0.05, 0.1) is 90.5 Å². The first-order valence-corrected chi connectivity index (χ1v) is 23.1. The Hall–Kier alpha value is -3.85. The predicted molar refractivity (Wildman–Crippen MR) is 224 cm³/mol. The van der Waals surface area contributed by atoms with E-state index in [0.717, 1.165) is 0 Å². The quantitative estimate of drug-likeness (QED) is 0.0228. The van der Waals surface area contributed by atoms with Gasteiger partial charge in [-0.1, -0.05) is 12.2 Å². The first-order valence-electron chi connectivity index (χ1n) is 19.9. The molecule has 0 saturated heterocycles. The number of phosphoric acid groups is 1. The molecule has 0 aromatic rings. The second-order valence-electron chi connectivity index (χ2n) is 13.7. The van der Waals surface area contributed by atoms with Crippen molar-refractivity contribution >= 4 is 56.8 Å². The van der Waals surface area contributed by atoms with Crippen molar-refractivity contribution in [2.45, 2.75) is 97.9 Å². The Morgan fingerprint density at radius 2 is 1.06 bits per heavy atom. The molecular formula is C38H66N4O18P2. The van der Waals surface area contributed by atoms with Gasteiger partial charge in [-0.2, -0.15) is 0 Å². The molecule has 0 fully saturated rings. The van der Waals surface area contributed by atoms with Crippen molar-refractivity contribution in [2.75, 3.05) is 78.7 Å². The van der Waals surface area contributed by atoms with Crippen molar-refractivity contribution < 1.29 is 84.3 Å². The molecule has 62 heavy (non-hydrogen) atoms. The molecule has 0 spiro atoms. The molecule has 4 N–H and O–H groups in total. The van der Waals surface area contributed by atoms with Gasteiger partial charge in [-0.15, -0.1) is 13.2 Å². The molecular weight excluding hydrogens is 862 g/mol. The zero-order valence-electron chi connectivity index (χ0n) is 36.6. The monoisotopic (exact) mass is 928 g/mol. The number of Topliss-reactive ketones (excluding diaryl/α,β-unsaturated/α-hetero) is 2. The van der Waals surface area contributed by atoms with E-state index in [-0.39, 0.29) is 96.5 Å². The van der Waals surface area contributed by atoms with Crippen LogP contribution in [0.5, 0.6) is 0 Å². The van der Waals surface area contributed by atoms with Gasteiger partial charge in [-0.25, -0.2) is 9.36 Å². The number of ether oxygens (including phenoxy) is 4. The minimum absolute atomic E-state index is 0.0690. The molecule has 0 bridgehead atoms. The number of rotatable bonds is 38. The number of hydrogen-bond acceptors (Lipinski definition) is 18. The molecule has 0 radical (unpaired) electrons. The lowest BCUT2D eigenvalue weighted by molar-refractivity contribution is -0.147. The number of hydrogen-bond donors (Lipinski definition) is 4. The Kier molecular flexibility index (Phi) is 31.6. The molecule has 6 atom stereocenters. The fourth-order valence-corrected chi connectivity index (χ4v) is 7.49. The maximum Gasteiger partial charge on any atom is 0.475 e. The molecule has 0 aromatic heterocycles. The zero-order chi connectivity index (χ0) is 47.0. The first-order chi connectivity index (χ1) is 29.2. The fraction of sp³-hybridized carbons (Fsp3) is 0.711. The summed E-state index contributed by atoms with van der Waals surface area (Å²) in [5.74, 6) is -2.85. The Bertz CT molecular complexity index is 1420. The van der Waals surface area contributed by atoms with Gasteiger partial charge in [0.25, 0.3) is 0 Å². The first kappa shape index (κ1) is 58.1. The smallest absolute Gasteiger partial charge is 0.463 e. The summed E-state index contributed by atoms with van der Waals surface area (Å²) in [6, 6.07) is -2.41. The zero-order valence-corrected chi connectivity index (χ0v) is 38.4. The van der Waals surface area contributed by atoms with Gasteiger partial charge >= 0.3 is 33.4 Å². The Balaban J connectivity index is 5.19. The van der Waals surface area contributed by atoms with Gasteiger partial charge in [0.1, 0.15) is 23.8 Å². The van der Waals surface area contributed by atoms with E-state index in [4.69, 9.17) is 41.6 Å². The van der Waals surface area contributed by atoms with Crippen LogP contribution < -0.4 is 21.3 Å². The van der Waals surface area contributed by atoms with E-state index in [1.165, 1.54) is 39.8 Å². The van der Waals surface area contributed by atoms with Crippen molar-refractivity contribution in [1.29, 1.82) is 0 Å². The highest BCUT2D eigenvalue weighted by molar-refractivity contribution is 7.53. The lowest BCUT2D eigenvalue weighted by Gasteiger charge is -2.23. The van der Waals surface area contributed by atoms with Gasteiger partial charge in [0, 0.05) is 39.8 Å². The Morgan fingerprint density at radius 1 is 0.597 bits per heavy atom. The van der Waals surface area contributed by atoms with Crippen molar-refractivity contribution in [3.05, 3.63) is 25.3 Å². The molecule has 0 aromatic carbocycles. The maximum absolute atomic E-state index is 13.6. The van der Waals surface area contributed by atoms with E-state index in [0.29, 0.717) is 12.8 Å². The van der Waals surface area contributed by atoms with Crippen LogP contribution in [0.3, 0.4) is 0 Å². The van der Waals surface area contributed by atoms with Crippen LogP contribution in [0, 0.1) is 0 Å². The molecule has 0 saturated carbocycles. The predicted octanol–water partition coefficient (Wildman–Crippen LogP) is 3.08. The van der Waals surface area contributed by atoms with Crippen LogP contribution in [0.1, 0.15) is 73.6 Å². The van der Waals surface area contributed by atoms with Gasteiger partial charge in [-0.05, 0) is 34.1 Å². The second kappa shape index (κ2) is 33.7. The third-order valence-electron chi connectivity index (χ3n) is 7.44. The summed E-state index contributed by atoms with van der Waals surface area (Å²) in [6.07, 6.45) is 2.09. The van der Waals surface area contributed by atoms with Crippen LogP contribution in [0.2, 0.25) is 0 Å². The molecule has 0 aliphatic carbocycles. The minimum atomic E-state index is -4.30. The topological polar surface area (TPSA) is 285 Å². The molecule has 4 amide bonds. The molecule has 0 aliphatic rings. The van der Waals surface area contributed by atoms with Gasteiger partial charge in [0.2, 0.25) is 11.8 Å². The summed E-state index contributed by atoms with van der Waals surface area (Å²) in [4.78, 5) is 82.3. The number of urea groups is 1. The van der Waals surface area contributed by atoms with Crippen LogP contribution in [0.15, 0.2) is 25.3 Å². The molecule has 356 valence electrons. The molecule has 22 nitrogen and oxygen atoms in total. The summed E-state index contributed by atoms with van der Waals surface area (Å²) in [5.41, 5.74) is 0. The number of ketones is 2. The molecule has 2 unspecified atom stereocenters. The van der Waals surface area contributed by atoms with Crippen molar-refractivity contribution in [1.82, 2.24) is 21.3 Å². The van der Waals surface area contributed by atoms with Crippen molar-refractivity contribution in [3.8, 4) is 0 Å². The highest BCUT2D eigenvalue weighted by Gasteiger charge is 2.30. The lowest BCUT2D eigenvalue weighted by atomic mass is 10.2. The average Bonchev–Trinajstić information content (AvgIpc) is 3.16. The number of carbonyl (C=O) groups excluding carboxylic acids is 7. The maximum atomic E-state index is 13.6. The van der Waals surface area contributed by atoms with Gasteiger partial charge < -0.3 is 49.3 Å². The Labute approximate surface area is 363 Å². The van der Waals surface area contributed by atoms with Gasteiger partial charge in [-0.3, -0.25) is 46.9 Å². The number of nitrogens with one attached hydrogen (secondary N) is 4. The standard InChI is InChI=1S/C38H66N4O18P2/c1-9-11-21-61(50,57-26-34(41-36(47)22-28(3)43)24-52-17-12-30(5)59-32(7)45)54-19-14-39-38(49)40-15-20-56-62(51,55-16-10-2)58-27-35(42-37(48)23-29(4)44)25-53-18-13-31(6)60-33(8)46/h9-10,30-31,34-35H,1-2,11-27H2,3-8H3,(H,41,47)(H,42,48)(H2,39,40,49)/t30-,31-,34-,35-,61?,62?/m1/s1. The summed E-state index contributed by atoms with van der Waals surface area (Å²) < 4.78 is 75.6. The van der Waals surface area contributed by atoms with E-state index in [2.05, 4.69) is 34.4 Å². The summed E-state index contributed by atoms with van der Waals surface area (Å²) in [7, 11) is -8.11. The number of allylic oxidation sites excluding steroid dienone is 1. The highest BCUT2D eigenvalue weighted by Crippen LogP contribution is 2.50. The van der Waals surface area contributed by atoms with E-state index in [9.17, 15) is 42.7 Å².